The fourth-order valence-corrected chi connectivity index (χ4v) is 3.26. The minimum absolute atomic E-state index is 0.129. The third-order valence-electron chi connectivity index (χ3n) is 4.46. The highest BCUT2D eigenvalue weighted by Crippen LogP contribution is 2.39. The van der Waals surface area contributed by atoms with Crippen LogP contribution in [-0.4, -0.2) is 34.7 Å². The molecule has 3 atom stereocenters. The molecule has 0 aliphatic heterocycles. The van der Waals surface area contributed by atoms with Crippen molar-refractivity contribution in [3.05, 3.63) is 0 Å². The zero-order valence-corrected chi connectivity index (χ0v) is 12.5. The van der Waals surface area contributed by atoms with E-state index in [1.54, 1.807) is 0 Å². The lowest BCUT2D eigenvalue weighted by Gasteiger charge is -2.45. The molecule has 1 N–H and O–H groups in total. The molecule has 17 heavy (non-hydrogen) atoms. The second-order valence-corrected chi connectivity index (χ2v) is 6.93. The summed E-state index contributed by atoms with van der Waals surface area (Å²) in [5.41, 5.74) is 0.370. The van der Waals surface area contributed by atoms with E-state index in [0.717, 1.165) is 25.3 Å². The van der Waals surface area contributed by atoms with Gasteiger partial charge in [0.05, 0.1) is 6.10 Å². The number of hydrogen-bond acceptors (Lipinski definition) is 2. The number of likely N-dealkylation sites (N-methyl/N-ethyl adjacent to an activating group) is 1. The van der Waals surface area contributed by atoms with Crippen molar-refractivity contribution in [3.8, 4) is 0 Å². The summed E-state index contributed by atoms with van der Waals surface area (Å²) in [6, 6.07) is 0.886. The maximum Gasteiger partial charge on any atom is 0.0695 e. The molecule has 0 saturated heterocycles. The van der Waals surface area contributed by atoms with Gasteiger partial charge in [0.15, 0.2) is 0 Å². The molecular formula is C15H31NO. The Morgan fingerprint density at radius 1 is 1.24 bits per heavy atom. The maximum absolute atomic E-state index is 10.3. The molecule has 102 valence electrons. The molecule has 0 heterocycles. The van der Waals surface area contributed by atoms with Crippen molar-refractivity contribution in [1.29, 1.82) is 0 Å². The number of nitrogens with zero attached hydrogens (tertiary/aromatic N) is 1. The Bertz CT molecular complexity index is 232. The molecule has 1 saturated carbocycles. The molecule has 0 radical (unpaired) electrons. The minimum atomic E-state index is -0.129. The van der Waals surface area contributed by atoms with E-state index in [9.17, 15) is 5.11 Å². The molecule has 0 spiro atoms. The van der Waals surface area contributed by atoms with Gasteiger partial charge in [-0.25, -0.2) is 0 Å². The molecule has 0 bridgehead atoms. The van der Waals surface area contributed by atoms with Crippen LogP contribution in [0, 0.1) is 11.3 Å². The van der Waals surface area contributed by atoms with E-state index in [0.29, 0.717) is 17.5 Å². The highest BCUT2D eigenvalue weighted by atomic mass is 16.3. The van der Waals surface area contributed by atoms with Gasteiger partial charge < -0.3 is 5.11 Å². The monoisotopic (exact) mass is 241 g/mol. The summed E-state index contributed by atoms with van der Waals surface area (Å²) in [5.74, 6) is 0.740. The van der Waals surface area contributed by atoms with Crippen LogP contribution in [0.2, 0.25) is 0 Å². The second-order valence-electron chi connectivity index (χ2n) is 6.93. The van der Waals surface area contributed by atoms with Gasteiger partial charge in [-0.1, -0.05) is 27.7 Å². The van der Waals surface area contributed by atoms with Gasteiger partial charge in [0.2, 0.25) is 0 Å². The normalized spacial score (nSPS) is 31.2. The Morgan fingerprint density at radius 2 is 1.82 bits per heavy atom. The predicted octanol–water partition coefficient (Wildman–Crippen LogP) is 3.29. The second kappa shape index (κ2) is 5.71. The topological polar surface area (TPSA) is 23.5 Å². The molecule has 1 fully saturated rings. The lowest BCUT2D eigenvalue weighted by atomic mass is 9.70. The van der Waals surface area contributed by atoms with Gasteiger partial charge in [-0.15, -0.1) is 0 Å². The van der Waals surface area contributed by atoms with Crippen molar-refractivity contribution < 1.29 is 5.11 Å². The summed E-state index contributed by atoms with van der Waals surface area (Å²) < 4.78 is 0. The molecule has 1 aliphatic carbocycles. The summed E-state index contributed by atoms with van der Waals surface area (Å²) in [6.45, 7) is 14.7. The number of aliphatic hydroxyl groups excluding tert-OH is 1. The van der Waals surface area contributed by atoms with Crippen molar-refractivity contribution in [2.45, 2.75) is 79.0 Å². The van der Waals surface area contributed by atoms with Gasteiger partial charge in [-0.3, -0.25) is 4.90 Å². The fourth-order valence-electron chi connectivity index (χ4n) is 3.26. The Hall–Kier alpha value is -0.0800. The number of aliphatic hydroxyl groups is 1. The third kappa shape index (κ3) is 3.69. The van der Waals surface area contributed by atoms with E-state index in [1.165, 1.54) is 6.42 Å². The van der Waals surface area contributed by atoms with Gasteiger partial charge in [0.25, 0.3) is 0 Å². The number of rotatable bonds is 3. The first-order chi connectivity index (χ1) is 7.77. The van der Waals surface area contributed by atoms with Gasteiger partial charge in [0, 0.05) is 12.1 Å². The summed E-state index contributed by atoms with van der Waals surface area (Å²) in [4.78, 5) is 2.46. The SMILES string of the molecule is CCN(C(C)C)C1CC(C(C)(C)C)CCC1O. The first kappa shape index (κ1) is 15.0. The summed E-state index contributed by atoms with van der Waals surface area (Å²) in [5, 5.41) is 10.3. The molecule has 3 unspecified atom stereocenters. The average molecular weight is 241 g/mol. The molecule has 2 nitrogen and oxygen atoms in total. The lowest BCUT2D eigenvalue weighted by molar-refractivity contribution is -0.0263. The Kier molecular flexibility index (Phi) is 5.03. The van der Waals surface area contributed by atoms with Crippen molar-refractivity contribution in [2.75, 3.05) is 6.54 Å². The molecule has 2 heteroatoms. The zero-order valence-electron chi connectivity index (χ0n) is 12.5. The average Bonchev–Trinajstić information content (AvgIpc) is 2.19. The number of hydrogen-bond donors (Lipinski definition) is 1. The Morgan fingerprint density at radius 3 is 2.24 bits per heavy atom. The molecule has 1 aliphatic rings. The van der Waals surface area contributed by atoms with Crippen LogP contribution < -0.4 is 0 Å². The predicted molar refractivity (Wildman–Crippen MR) is 74.1 cm³/mol. The molecule has 0 aromatic carbocycles. The van der Waals surface area contributed by atoms with E-state index in [1.807, 2.05) is 0 Å². The first-order valence-electron chi connectivity index (χ1n) is 7.21. The first-order valence-corrected chi connectivity index (χ1v) is 7.21. The largest absolute Gasteiger partial charge is 0.391 e. The smallest absolute Gasteiger partial charge is 0.0695 e. The summed E-state index contributed by atoms with van der Waals surface area (Å²) >= 11 is 0. The fraction of sp³-hybridized carbons (Fsp3) is 1.00. The highest BCUT2D eigenvalue weighted by Gasteiger charge is 2.37. The Labute approximate surface area is 107 Å². The molecular weight excluding hydrogens is 210 g/mol. The van der Waals surface area contributed by atoms with Crippen LogP contribution in [0.1, 0.15) is 60.8 Å². The molecule has 0 amide bonds. The molecule has 0 aromatic rings. The van der Waals surface area contributed by atoms with Crippen LogP contribution in [0.3, 0.4) is 0 Å². The van der Waals surface area contributed by atoms with Crippen LogP contribution in [0.15, 0.2) is 0 Å². The van der Waals surface area contributed by atoms with Crippen molar-refractivity contribution in [3.63, 3.8) is 0 Å². The summed E-state index contributed by atoms with van der Waals surface area (Å²) in [6.07, 6.45) is 3.17. The van der Waals surface area contributed by atoms with E-state index in [2.05, 4.69) is 46.4 Å². The van der Waals surface area contributed by atoms with E-state index >= 15 is 0 Å². The van der Waals surface area contributed by atoms with Crippen molar-refractivity contribution in [2.24, 2.45) is 11.3 Å². The van der Waals surface area contributed by atoms with Crippen LogP contribution in [0.5, 0.6) is 0 Å². The van der Waals surface area contributed by atoms with E-state index < -0.39 is 0 Å². The standard InChI is InChI=1S/C15H31NO/c1-7-16(11(2)3)13-10-12(15(4,5)6)8-9-14(13)17/h11-14,17H,7-10H2,1-6H3. The lowest BCUT2D eigenvalue weighted by Crippen LogP contribution is -2.51. The van der Waals surface area contributed by atoms with Crippen LogP contribution in [-0.2, 0) is 0 Å². The van der Waals surface area contributed by atoms with Crippen molar-refractivity contribution >= 4 is 0 Å². The highest BCUT2D eigenvalue weighted by molar-refractivity contribution is 4.91. The summed E-state index contributed by atoms with van der Waals surface area (Å²) in [7, 11) is 0. The molecule has 0 aromatic heterocycles. The quantitative estimate of drug-likeness (QED) is 0.819. The van der Waals surface area contributed by atoms with E-state index in [4.69, 9.17) is 0 Å². The Balaban J connectivity index is 2.75. The molecule has 1 rings (SSSR count). The maximum atomic E-state index is 10.3. The van der Waals surface area contributed by atoms with Crippen molar-refractivity contribution in [1.82, 2.24) is 4.90 Å². The van der Waals surface area contributed by atoms with E-state index in [-0.39, 0.29) is 6.10 Å². The minimum Gasteiger partial charge on any atom is -0.391 e. The van der Waals surface area contributed by atoms with Gasteiger partial charge in [-0.05, 0) is 51.0 Å². The van der Waals surface area contributed by atoms with Gasteiger partial charge >= 0.3 is 0 Å². The van der Waals surface area contributed by atoms with Crippen LogP contribution >= 0.6 is 0 Å². The van der Waals surface area contributed by atoms with Gasteiger partial charge in [0.1, 0.15) is 0 Å². The third-order valence-corrected chi connectivity index (χ3v) is 4.46. The van der Waals surface area contributed by atoms with Gasteiger partial charge in [-0.2, -0.15) is 0 Å². The van der Waals surface area contributed by atoms with Crippen LogP contribution in [0.4, 0.5) is 0 Å². The zero-order chi connectivity index (χ0) is 13.2. The van der Waals surface area contributed by atoms with Crippen LogP contribution in [0.25, 0.3) is 0 Å².